The molecule has 0 fully saturated rings. The van der Waals surface area contributed by atoms with Crippen molar-refractivity contribution in [3.63, 3.8) is 0 Å². The zero-order valence-electron chi connectivity index (χ0n) is 12.0. The van der Waals surface area contributed by atoms with Crippen molar-refractivity contribution >= 4 is 27.5 Å². The van der Waals surface area contributed by atoms with Gasteiger partial charge in [0.2, 0.25) is 0 Å². The van der Waals surface area contributed by atoms with Crippen LogP contribution < -0.4 is 16.0 Å². The minimum absolute atomic E-state index is 0.0192. The lowest BCUT2D eigenvalue weighted by Crippen LogP contribution is -2.29. The summed E-state index contributed by atoms with van der Waals surface area (Å²) < 4.78 is 6.46. The summed E-state index contributed by atoms with van der Waals surface area (Å²) >= 11 is 9.63. The second-order valence-electron chi connectivity index (χ2n) is 4.89. The van der Waals surface area contributed by atoms with Crippen LogP contribution in [-0.2, 0) is 6.42 Å². The molecule has 3 N–H and O–H groups in total. The number of hydrogen-bond donors (Lipinski definition) is 2. The van der Waals surface area contributed by atoms with Gasteiger partial charge >= 0.3 is 0 Å². The Morgan fingerprint density at radius 3 is 2.67 bits per heavy atom. The number of hydrazine groups is 1. The van der Waals surface area contributed by atoms with E-state index in [4.69, 9.17) is 22.2 Å². The van der Waals surface area contributed by atoms with Crippen molar-refractivity contribution in [2.45, 2.75) is 19.4 Å². The van der Waals surface area contributed by atoms with Gasteiger partial charge in [-0.25, -0.2) is 0 Å². The average Bonchev–Trinajstić information content (AvgIpc) is 2.48. The van der Waals surface area contributed by atoms with Crippen LogP contribution in [0.25, 0.3) is 0 Å². The smallest absolute Gasteiger partial charge is 0.122 e. The zero-order valence-corrected chi connectivity index (χ0v) is 14.3. The molecule has 112 valence electrons. The van der Waals surface area contributed by atoms with E-state index in [1.165, 1.54) is 5.56 Å². The van der Waals surface area contributed by atoms with Crippen molar-refractivity contribution in [2.24, 2.45) is 5.84 Å². The monoisotopic (exact) mass is 368 g/mol. The number of ether oxygens (including phenoxy) is 1. The molecule has 2 aromatic carbocycles. The van der Waals surface area contributed by atoms with Crippen molar-refractivity contribution in [3.8, 4) is 5.75 Å². The average molecular weight is 370 g/mol. The van der Waals surface area contributed by atoms with E-state index in [0.717, 1.165) is 21.3 Å². The van der Waals surface area contributed by atoms with E-state index in [1.807, 2.05) is 18.2 Å². The number of methoxy groups -OCH3 is 1. The second kappa shape index (κ2) is 7.27. The van der Waals surface area contributed by atoms with Crippen LogP contribution in [0, 0.1) is 6.92 Å². The molecular weight excluding hydrogens is 352 g/mol. The summed E-state index contributed by atoms with van der Waals surface area (Å²) in [5.74, 6) is 6.54. The third kappa shape index (κ3) is 3.98. The standard InChI is InChI=1S/C16H18BrClN2O/c1-10-3-4-11(8-14(10)17)15(20-19)9-12-7-13(18)5-6-16(12)21-2/h3-8,15,20H,9,19H2,1-2H3. The largest absolute Gasteiger partial charge is 0.496 e. The van der Waals surface area contributed by atoms with Crippen LogP contribution in [0.5, 0.6) is 5.75 Å². The Balaban J connectivity index is 2.30. The highest BCUT2D eigenvalue weighted by Gasteiger charge is 2.15. The molecule has 1 atom stereocenters. The highest BCUT2D eigenvalue weighted by atomic mass is 79.9. The fraction of sp³-hybridized carbons (Fsp3) is 0.250. The molecule has 0 bridgehead atoms. The maximum absolute atomic E-state index is 6.08. The maximum atomic E-state index is 6.08. The Morgan fingerprint density at radius 1 is 1.29 bits per heavy atom. The number of aryl methyl sites for hydroxylation is 1. The third-order valence-electron chi connectivity index (χ3n) is 3.47. The molecule has 0 aromatic heterocycles. The van der Waals surface area contributed by atoms with Gasteiger partial charge in [-0.15, -0.1) is 0 Å². The molecule has 0 saturated carbocycles. The van der Waals surface area contributed by atoms with E-state index in [2.05, 4.69) is 46.5 Å². The summed E-state index contributed by atoms with van der Waals surface area (Å²) in [6, 6.07) is 11.8. The predicted octanol–water partition coefficient (Wildman–Crippen LogP) is 4.17. The SMILES string of the molecule is COc1ccc(Cl)cc1CC(NN)c1ccc(C)c(Br)c1. The van der Waals surface area contributed by atoms with Crippen molar-refractivity contribution in [2.75, 3.05) is 7.11 Å². The van der Waals surface area contributed by atoms with Crippen LogP contribution in [0.4, 0.5) is 0 Å². The Labute approximate surface area is 138 Å². The number of hydrogen-bond acceptors (Lipinski definition) is 3. The Hall–Kier alpha value is -1.07. The third-order valence-corrected chi connectivity index (χ3v) is 4.56. The van der Waals surface area contributed by atoms with E-state index in [0.29, 0.717) is 11.4 Å². The van der Waals surface area contributed by atoms with Gasteiger partial charge in [0.1, 0.15) is 5.75 Å². The number of halogens is 2. The van der Waals surface area contributed by atoms with Crippen LogP contribution >= 0.6 is 27.5 Å². The van der Waals surface area contributed by atoms with E-state index < -0.39 is 0 Å². The molecule has 0 saturated heterocycles. The van der Waals surface area contributed by atoms with Crippen LogP contribution in [0.1, 0.15) is 22.7 Å². The first-order valence-electron chi connectivity index (χ1n) is 6.59. The highest BCUT2D eigenvalue weighted by molar-refractivity contribution is 9.10. The lowest BCUT2D eigenvalue weighted by atomic mass is 9.98. The molecule has 0 aliphatic rings. The van der Waals surface area contributed by atoms with Crippen LogP contribution in [0.2, 0.25) is 5.02 Å². The number of nitrogens with two attached hydrogens (primary N) is 1. The van der Waals surface area contributed by atoms with Gasteiger partial charge in [0.25, 0.3) is 0 Å². The summed E-state index contributed by atoms with van der Waals surface area (Å²) in [4.78, 5) is 0. The number of nitrogens with one attached hydrogen (secondary N) is 1. The first-order valence-corrected chi connectivity index (χ1v) is 7.77. The minimum Gasteiger partial charge on any atom is -0.496 e. The summed E-state index contributed by atoms with van der Waals surface area (Å²) in [6.07, 6.45) is 0.690. The molecule has 21 heavy (non-hydrogen) atoms. The predicted molar refractivity (Wildman–Crippen MR) is 90.7 cm³/mol. The topological polar surface area (TPSA) is 47.3 Å². The highest BCUT2D eigenvalue weighted by Crippen LogP contribution is 2.29. The van der Waals surface area contributed by atoms with E-state index in [-0.39, 0.29) is 6.04 Å². The van der Waals surface area contributed by atoms with Gasteiger partial charge in [-0.1, -0.05) is 39.7 Å². The Morgan fingerprint density at radius 2 is 2.05 bits per heavy atom. The van der Waals surface area contributed by atoms with Crippen molar-refractivity contribution in [3.05, 3.63) is 62.6 Å². The zero-order chi connectivity index (χ0) is 15.4. The lowest BCUT2D eigenvalue weighted by molar-refractivity contribution is 0.405. The fourth-order valence-electron chi connectivity index (χ4n) is 2.23. The van der Waals surface area contributed by atoms with Gasteiger partial charge in [-0.2, -0.15) is 0 Å². The quantitative estimate of drug-likeness (QED) is 0.614. The van der Waals surface area contributed by atoms with Crippen LogP contribution in [-0.4, -0.2) is 7.11 Å². The first-order chi connectivity index (χ1) is 10.0. The molecule has 0 aliphatic heterocycles. The molecule has 3 nitrogen and oxygen atoms in total. The summed E-state index contributed by atoms with van der Waals surface area (Å²) in [5.41, 5.74) is 6.18. The maximum Gasteiger partial charge on any atom is 0.122 e. The van der Waals surface area contributed by atoms with Gasteiger partial charge in [-0.05, 0) is 54.3 Å². The van der Waals surface area contributed by atoms with Crippen molar-refractivity contribution in [1.82, 2.24) is 5.43 Å². The van der Waals surface area contributed by atoms with Crippen LogP contribution in [0.3, 0.4) is 0 Å². The van der Waals surface area contributed by atoms with Gasteiger partial charge in [0.05, 0.1) is 13.2 Å². The number of rotatable bonds is 5. The molecule has 0 spiro atoms. The van der Waals surface area contributed by atoms with Gasteiger partial charge in [0, 0.05) is 9.50 Å². The molecule has 2 rings (SSSR count). The Kier molecular flexibility index (Phi) is 5.65. The molecule has 0 radical (unpaired) electrons. The van der Waals surface area contributed by atoms with Gasteiger partial charge in [0.15, 0.2) is 0 Å². The molecule has 0 amide bonds. The van der Waals surface area contributed by atoms with Crippen molar-refractivity contribution in [1.29, 1.82) is 0 Å². The molecule has 2 aromatic rings. The summed E-state index contributed by atoms with van der Waals surface area (Å²) in [7, 11) is 1.65. The molecule has 5 heteroatoms. The van der Waals surface area contributed by atoms with E-state index in [1.54, 1.807) is 7.11 Å². The lowest BCUT2D eigenvalue weighted by Gasteiger charge is -2.19. The molecular formula is C16H18BrClN2O. The van der Waals surface area contributed by atoms with E-state index >= 15 is 0 Å². The summed E-state index contributed by atoms with van der Waals surface area (Å²) in [5, 5.41) is 0.687. The number of benzene rings is 2. The molecule has 1 unspecified atom stereocenters. The minimum atomic E-state index is -0.0192. The first kappa shape index (κ1) is 16.3. The summed E-state index contributed by atoms with van der Waals surface area (Å²) in [6.45, 7) is 2.05. The van der Waals surface area contributed by atoms with Crippen molar-refractivity contribution < 1.29 is 4.74 Å². The van der Waals surface area contributed by atoms with Crippen LogP contribution in [0.15, 0.2) is 40.9 Å². The van der Waals surface area contributed by atoms with Gasteiger partial charge < -0.3 is 4.74 Å². The molecule has 0 aliphatic carbocycles. The normalized spacial score (nSPS) is 12.2. The van der Waals surface area contributed by atoms with E-state index in [9.17, 15) is 0 Å². The van der Waals surface area contributed by atoms with Gasteiger partial charge in [-0.3, -0.25) is 11.3 Å². The Bertz CT molecular complexity index is 634. The molecule has 0 heterocycles. The fourth-order valence-corrected chi connectivity index (χ4v) is 2.82. The second-order valence-corrected chi connectivity index (χ2v) is 6.18.